The maximum atomic E-state index is 12.6. The fourth-order valence-electron chi connectivity index (χ4n) is 4.10. The van der Waals surface area contributed by atoms with E-state index in [1.807, 2.05) is 30.0 Å². The van der Waals surface area contributed by atoms with E-state index >= 15 is 0 Å². The Labute approximate surface area is 163 Å². The van der Waals surface area contributed by atoms with Crippen LogP contribution in [-0.4, -0.2) is 58.8 Å². The fraction of sp³-hybridized carbons (Fsp3) is 0.476. The van der Waals surface area contributed by atoms with Gasteiger partial charge < -0.3 is 15.2 Å². The molecule has 7 nitrogen and oxygen atoms in total. The Morgan fingerprint density at radius 2 is 2.00 bits per heavy atom. The van der Waals surface area contributed by atoms with Gasteiger partial charge in [0.1, 0.15) is 6.04 Å². The van der Waals surface area contributed by atoms with E-state index < -0.39 is 0 Å². The van der Waals surface area contributed by atoms with Crippen LogP contribution in [0.5, 0.6) is 0 Å². The molecule has 0 saturated carbocycles. The standard InChI is InChI=1S/C21H26N4O3/c1-14-3-4-17-15(11-14)12-16(20(27)23-17)13-24-7-2-8-25(10-9-24)21(28)18-5-6-19(26)22-18/h3-4,11-12,18H,2,5-10,13H2,1H3,(H,22,26)(H,23,27)/t18-/m1/s1. The van der Waals surface area contributed by atoms with Gasteiger partial charge in [-0.15, -0.1) is 0 Å². The Balaban J connectivity index is 1.43. The van der Waals surface area contributed by atoms with Crippen LogP contribution in [0.1, 0.15) is 30.4 Å². The van der Waals surface area contributed by atoms with Gasteiger partial charge in [0.2, 0.25) is 11.8 Å². The lowest BCUT2D eigenvalue weighted by molar-refractivity contribution is -0.134. The molecule has 1 aromatic carbocycles. The van der Waals surface area contributed by atoms with E-state index in [0.717, 1.165) is 41.5 Å². The number of hydrogen-bond acceptors (Lipinski definition) is 4. The van der Waals surface area contributed by atoms with Crippen LogP contribution < -0.4 is 10.9 Å². The molecular weight excluding hydrogens is 356 g/mol. The smallest absolute Gasteiger partial charge is 0.252 e. The van der Waals surface area contributed by atoms with Crippen molar-refractivity contribution in [2.45, 2.75) is 38.8 Å². The molecule has 2 aromatic rings. The minimum absolute atomic E-state index is 0.0201. The Morgan fingerprint density at radius 1 is 1.14 bits per heavy atom. The monoisotopic (exact) mass is 382 g/mol. The summed E-state index contributed by atoms with van der Waals surface area (Å²) in [5.74, 6) is -0.0210. The fourth-order valence-corrected chi connectivity index (χ4v) is 4.10. The molecule has 7 heteroatoms. The molecule has 0 radical (unpaired) electrons. The molecule has 2 fully saturated rings. The van der Waals surface area contributed by atoms with E-state index in [9.17, 15) is 14.4 Å². The van der Waals surface area contributed by atoms with Crippen LogP contribution in [0.2, 0.25) is 0 Å². The Hall–Kier alpha value is -2.67. The zero-order chi connectivity index (χ0) is 19.7. The molecule has 1 atom stereocenters. The van der Waals surface area contributed by atoms with Gasteiger partial charge in [-0.1, -0.05) is 11.6 Å². The topological polar surface area (TPSA) is 85.5 Å². The molecule has 0 aliphatic carbocycles. The number of benzene rings is 1. The molecule has 2 aliphatic heterocycles. The van der Waals surface area contributed by atoms with Gasteiger partial charge >= 0.3 is 0 Å². The largest absolute Gasteiger partial charge is 0.344 e. The second kappa shape index (κ2) is 7.75. The van der Waals surface area contributed by atoms with Crippen molar-refractivity contribution in [1.82, 2.24) is 20.1 Å². The zero-order valence-corrected chi connectivity index (χ0v) is 16.2. The van der Waals surface area contributed by atoms with Crippen LogP contribution >= 0.6 is 0 Å². The lowest BCUT2D eigenvalue weighted by Gasteiger charge is -2.24. The molecule has 3 heterocycles. The summed E-state index contributed by atoms with van der Waals surface area (Å²) in [4.78, 5) is 43.5. The summed E-state index contributed by atoms with van der Waals surface area (Å²) in [5, 5.41) is 3.80. The lowest BCUT2D eigenvalue weighted by atomic mass is 10.1. The zero-order valence-electron chi connectivity index (χ0n) is 16.2. The summed E-state index contributed by atoms with van der Waals surface area (Å²) in [6.45, 7) is 5.48. The normalized spacial score (nSPS) is 21.0. The average Bonchev–Trinajstić information content (AvgIpc) is 2.97. The summed E-state index contributed by atoms with van der Waals surface area (Å²) < 4.78 is 0. The van der Waals surface area contributed by atoms with E-state index in [1.165, 1.54) is 0 Å². The number of nitrogens with zero attached hydrogens (tertiary/aromatic N) is 2. The Morgan fingerprint density at radius 3 is 2.79 bits per heavy atom. The molecule has 2 saturated heterocycles. The average molecular weight is 382 g/mol. The summed E-state index contributed by atoms with van der Waals surface area (Å²) in [5.41, 5.74) is 2.71. The van der Waals surface area contributed by atoms with Gasteiger partial charge in [0.15, 0.2) is 0 Å². The highest BCUT2D eigenvalue weighted by Crippen LogP contribution is 2.16. The number of aryl methyl sites for hydroxylation is 1. The molecule has 4 rings (SSSR count). The quantitative estimate of drug-likeness (QED) is 0.834. The number of carbonyl (C=O) groups excluding carboxylic acids is 2. The van der Waals surface area contributed by atoms with Gasteiger partial charge in [0.05, 0.1) is 0 Å². The highest BCUT2D eigenvalue weighted by Gasteiger charge is 2.31. The number of aromatic nitrogens is 1. The number of nitrogens with one attached hydrogen (secondary N) is 2. The number of pyridine rings is 1. The van der Waals surface area contributed by atoms with E-state index in [4.69, 9.17) is 0 Å². The molecule has 2 N–H and O–H groups in total. The molecule has 148 valence electrons. The van der Waals surface area contributed by atoms with Crippen LogP contribution in [0.4, 0.5) is 0 Å². The molecule has 0 spiro atoms. The minimum atomic E-state index is -0.370. The summed E-state index contributed by atoms with van der Waals surface area (Å²) in [6.07, 6.45) is 1.88. The third kappa shape index (κ3) is 3.94. The predicted octanol–water partition coefficient (Wildman–Crippen LogP) is 1.15. The number of fused-ring (bicyclic) bond motifs is 1. The maximum absolute atomic E-state index is 12.6. The number of amides is 2. The van der Waals surface area contributed by atoms with Crippen molar-refractivity contribution < 1.29 is 9.59 Å². The second-order valence-corrected chi connectivity index (χ2v) is 7.83. The molecule has 0 bridgehead atoms. The molecular formula is C21H26N4O3. The minimum Gasteiger partial charge on any atom is -0.344 e. The van der Waals surface area contributed by atoms with Crippen molar-refractivity contribution in [3.05, 3.63) is 45.7 Å². The number of rotatable bonds is 3. The predicted molar refractivity (Wildman–Crippen MR) is 107 cm³/mol. The van der Waals surface area contributed by atoms with Gasteiger partial charge in [-0.2, -0.15) is 0 Å². The van der Waals surface area contributed by atoms with Crippen LogP contribution in [0.15, 0.2) is 29.1 Å². The van der Waals surface area contributed by atoms with Gasteiger partial charge in [-0.3, -0.25) is 19.3 Å². The second-order valence-electron chi connectivity index (χ2n) is 7.83. The summed E-state index contributed by atoms with van der Waals surface area (Å²) in [6, 6.07) is 7.61. The van der Waals surface area contributed by atoms with Crippen molar-refractivity contribution in [2.75, 3.05) is 26.2 Å². The number of hydrogen-bond donors (Lipinski definition) is 2. The first kappa shape index (κ1) is 18.7. The number of aromatic amines is 1. The summed E-state index contributed by atoms with van der Waals surface area (Å²) >= 11 is 0. The van der Waals surface area contributed by atoms with Gasteiger partial charge in [-0.25, -0.2) is 0 Å². The number of H-pyrrole nitrogens is 1. The Bertz CT molecular complexity index is 968. The van der Waals surface area contributed by atoms with E-state index in [1.54, 1.807) is 0 Å². The van der Waals surface area contributed by atoms with Crippen LogP contribution in [0.25, 0.3) is 10.9 Å². The lowest BCUT2D eigenvalue weighted by Crippen LogP contribution is -2.45. The van der Waals surface area contributed by atoms with Crippen molar-refractivity contribution in [1.29, 1.82) is 0 Å². The van der Waals surface area contributed by atoms with Crippen molar-refractivity contribution in [3.8, 4) is 0 Å². The van der Waals surface area contributed by atoms with Gasteiger partial charge in [0.25, 0.3) is 5.56 Å². The number of carbonyl (C=O) groups is 2. The van der Waals surface area contributed by atoms with E-state index in [0.29, 0.717) is 32.5 Å². The molecule has 0 unspecified atom stereocenters. The molecule has 1 aromatic heterocycles. The SMILES string of the molecule is Cc1ccc2[nH]c(=O)c(CN3CCCN(C(=O)[C@H]4CCC(=O)N4)CC3)cc2c1. The molecule has 2 amide bonds. The third-order valence-electron chi connectivity index (χ3n) is 5.66. The summed E-state index contributed by atoms with van der Waals surface area (Å²) in [7, 11) is 0. The highest BCUT2D eigenvalue weighted by atomic mass is 16.2. The Kier molecular flexibility index (Phi) is 5.17. The van der Waals surface area contributed by atoms with E-state index in [2.05, 4.69) is 21.3 Å². The highest BCUT2D eigenvalue weighted by molar-refractivity contribution is 5.90. The third-order valence-corrected chi connectivity index (χ3v) is 5.66. The van der Waals surface area contributed by atoms with Gasteiger partial charge in [-0.05, 0) is 43.4 Å². The van der Waals surface area contributed by atoms with Crippen molar-refractivity contribution >= 4 is 22.7 Å². The van der Waals surface area contributed by atoms with Crippen LogP contribution in [-0.2, 0) is 16.1 Å². The van der Waals surface area contributed by atoms with Crippen molar-refractivity contribution in [2.24, 2.45) is 0 Å². The van der Waals surface area contributed by atoms with Gasteiger partial charge in [0, 0.05) is 50.2 Å². The van der Waals surface area contributed by atoms with Crippen LogP contribution in [0.3, 0.4) is 0 Å². The first-order chi connectivity index (χ1) is 13.5. The first-order valence-corrected chi connectivity index (χ1v) is 9.93. The van der Waals surface area contributed by atoms with Crippen LogP contribution in [0, 0.1) is 6.92 Å². The van der Waals surface area contributed by atoms with Crippen molar-refractivity contribution in [3.63, 3.8) is 0 Å². The first-order valence-electron chi connectivity index (χ1n) is 9.93. The molecule has 2 aliphatic rings. The maximum Gasteiger partial charge on any atom is 0.252 e. The van der Waals surface area contributed by atoms with E-state index in [-0.39, 0.29) is 23.4 Å². The molecule has 28 heavy (non-hydrogen) atoms.